The average Bonchev–Trinajstić information content (AvgIpc) is 2.19. The summed E-state index contributed by atoms with van der Waals surface area (Å²) in [6, 6.07) is 4.63. The Bertz CT molecular complexity index is 492. The zero-order valence-corrected chi connectivity index (χ0v) is 11.3. The highest BCUT2D eigenvalue weighted by Crippen LogP contribution is 2.25. The molecule has 0 aliphatic carbocycles. The highest BCUT2D eigenvalue weighted by Gasteiger charge is 2.17. The van der Waals surface area contributed by atoms with Crippen LogP contribution in [-0.2, 0) is 11.2 Å². The molecule has 1 aromatic carbocycles. The number of amidine groups is 1. The summed E-state index contributed by atoms with van der Waals surface area (Å²) in [4.78, 5) is 11.6. The number of amides is 1. The second kappa shape index (κ2) is 5.60. The summed E-state index contributed by atoms with van der Waals surface area (Å²) in [6.07, 6.45) is -0.397. The van der Waals surface area contributed by atoms with E-state index in [9.17, 15) is 9.90 Å². The van der Waals surface area contributed by atoms with E-state index in [-0.39, 0.29) is 23.7 Å². The van der Waals surface area contributed by atoms with E-state index in [1.54, 1.807) is 32.9 Å². The van der Waals surface area contributed by atoms with Crippen molar-refractivity contribution in [3.63, 3.8) is 0 Å². The first-order valence-electron chi connectivity index (χ1n) is 5.82. The van der Waals surface area contributed by atoms with Gasteiger partial charge in [0, 0.05) is 6.42 Å². The van der Waals surface area contributed by atoms with Crippen molar-refractivity contribution in [1.82, 2.24) is 0 Å². The van der Waals surface area contributed by atoms with E-state index in [1.807, 2.05) is 0 Å². The number of phenolic OH excluding ortho intramolecular Hbond substituents is 1. The van der Waals surface area contributed by atoms with Gasteiger partial charge in [0.05, 0.1) is 11.5 Å². The van der Waals surface area contributed by atoms with E-state index in [1.165, 1.54) is 6.07 Å². The minimum Gasteiger partial charge on any atom is -0.506 e. The van der Waals surface area contributed by atoms with Crippen molar-refractivity contribution in [3.05, 3.63) is 23.8 Å². The number of anilines is 1. The van der Waals surface area contributed by atoms with Crippen molar-refractivity contribution in [1.29, 1.82) is 5.41 Å². The van der Waals surface area contributed by atoms with Gasteiger partial charge in [0.2, 0.25) is 0 Å². The summed E-state index contributed by atoms with van der Waals surface area (Å²) in [5.41, 5.74) is 5.64. The molecule has 0 bridgehead atoms. The van der Waals surface area contributed by atoms with Gasteiger partial charge in [0.25, 0.3) is 0 Å². The van der Waals surface area contributed by atoms with Gasteiger partial charge in [-0.3, -0.25) is 10.7 Å². The largest absolute Gasteiger partial charge is 0.506 e. The number of nitrogens with two attached hydrogens (primary N) is 1. The van der Waals surface area contributed by atoms with Gasteiger partial charge in [-0.25, -0.2) is 4.79 Å². The van der Waals surface area contributed by atoms with Gasteiger partial charge in [-0.2, -0.15) is 0 Å². The Morgan fingerprint density at radius 1 is 1.47 bits per heavy atom. The molecule has 1 aromatic rings. The van der Waals surface area contributed by atoms with Crippen LogP contribution >= 0.6 is 0 Å². The first-order chi connectivity index (χ1) is 8.67. The normalized spacial score (nSPS) is 10.9. The molecule has 104 valence electrons. The predicted molar refractivity (Wildman–Crippen MR) is 73.6 cm³/mol. The van der Waals surface area contributed by atoms with Gasteiger partial charge in [0.15, 0.2) is 0 Å². The van der Waals surface area contributed by atoms with Crippen LogP contribution in [0.4, 0.5) is 10.5 Å². The zero-order valence-electron chi connectivity index (χ0n) is 11.3. The quantitative estimate of drug-likeness (QED) is 0.381. The number of ether oxygens (including phenoxy) is 1. The number of rotatable bonds is 3. The van der Waals surface area contributed by atoms with Crippen LogP contribution in [-0.4, -0.2) is 22.6 Å². The van der Waals surface area contributed by atoms with Gasteiger partial charge < -0.3 is 15.6 Å². The highest BCUT2D eigenvalue weighted by molar-refractivity contribution is 5.87. The molecular formula is C13H19N3O3. The van der Waals surface area contributed by atoms with E-state index in [4.69, 9.17) is 15.9 Å². The van der Waals surface area contributed by atoms with Crippen LogP contribution in [0.1, 0.15) is 26.3 Å². The Hall–Kier alpha value is -2.24. The molecule has 19 heavy (non-hydrogen) atoms. The molecule has 0 unspecified atom stereocenters. The fourth-order valence-electron chi connectivity index (χ4n) is 1.43. The van der Waals surface area contributed by atoms with Crippen molar-refractivity contribution in [3.8, 4) is 5.75 Å². The lowest BCUT2D eigenvalue weighted by atomic mass is 10.1. The van der Waals surface area contributed by atoms with Gasteiger partial charge in [-0.15, -0.1) is 0 Å². The Morgan fingerprint density at radius 3 is 2.63 bits per heavy atom. The molecule has 6 heteroatoms. The smallest absolute Gasteiger partial charge is 0.412 e. The molecule has 0 saturated heterocycles. The van der Waals surface area contributed by atoms with Crippen molar-refractivity contribution in [2.45, 2.75) is 32.8 Å². The molecule has 0 aliphatic heterocycles. The summed E-state index contributed by atoms with van der Waals surface area (Å²) < 4.78 is 5.09. The number of carbonyl (C=O) groups is 1. The monoisotopic (exact) mass is 265 g/mol. The minimum absolute atomic E-state index is 0.00825. The number of phenols is 1. The molecule has 0 spiro atoms. The average molecular weight is 265 g/mol. The van der Waals surface area contributed by atoms with Crippen molar-refractivity contribution in [2.75, 3.05) is 5.32 Å². The first-order valence-corrected chi connectivity index (χ1v) is 5.82. The van der Waals surface area contributed by atoms with Crippen molar-refractivity contribution in [2.24, 2.45) is 5.73 Å². The number of carbonyl (C=O) groups excluding carboxylic acids is 1. The van der Waals surface area contributed by atoms with Crippen LogP contribution in [0.15, 0.2) is 18.2 Å². The standard InChI is InChI=1S/C13H19N3O3/c1-13(2,3)19-12(18)16-9-6-8(7-11(14)15)4-5-10(9)17/h4-6,17H,7H2,1-3H3,(H3,14,15)(H,16,18). The molecular weight excluding hydrogens is 246 g/mol. The lowest BCUT2D eigenvalue weighted by molar-refractivity contribution is 0.0635. The zero-order chi connectivity index (χ0) is 14.6. The fraction of sp³-hybridized carbons (Fsp3) is 0.385. The summed E-state index contributed by atoms with van der Waals surface area (Å²) >= 11 is 0. The molecule has 0 saturated carbocycles. The van der Waals surface area contributed by atoms with Crippen LogP contribution in [0.25, 0.3) is 0 Å². The van der Waals surface area contributed by atoms with E-state index in [0.717, 1.165) is 5.56 Å². The van der Waals surface area contributed by atoms with Crippen molar-refractivity contribution < 1.29 is 14.6 Å². The second-order valence-electron chi connectivity index (χ2n) is 5.18. The number of hydrogen-bond donors (Lipinski definition) is 4. The van der Waals surface area contributed by atoms with Crippen LogP contribution in [0, 0.1) is 5.41 Å². The summed E-state index contributed by atoms with van der Waals surface area (Å²) in [5, 5.41) is 19.3. The maximum absolute atomic E-state index is 11.6. The molecule has 0 heterocycles. The molecule has 0 aromatic heterocycles. The van der Waals surface area contributed by atoms with E-state index >= 15 is 0 Å². The molecule has 0 fully saturated rings. The Labute approximate surface area is 112 Å². The molecule has 6 nitrogen and oxygen atoms in total. The van der Waals surface area contributed by atoms with E-state index in [0.29, 0.717) is 0 Å². The Kier molecular flexibility index (Phi) is 4.37. The van der Waals surface area contributed by atoms with Crippen LogP contribution < -0.4 is 11.1 Å². The third-order valence-corrected chi connectivity index (χ3v) is 2.09. The molecule has 1 rings (SSSR count). The minimum atomic E-state index is -0.650. The molecule has 0 atom stereocenters. The Morgan fingerprint density at radius 2 is 2.11 bits per heavy atom. The number of nitrogens with one attached hydrogen (secondary N) is 2. The maximum Gasteiger partial charge on any atom is 0.412 e. The SMILES string of the molecule is CC(C)(C)OC(=O)Nc1cc(CC(=N)N)ccc1O. The summed E-state index contributed by atoms with van der Waals surface area (Å²) in [6.45, 7) is 5.25. The van der Waals surface area contributed by atoms with Gasteiger partial charge >= 0.3 is 6.09 Å². The fourth-order valence-corrected chi connectivity index (χ4v) is 1.43. The van der Waals surface area contributed by atoms with Gasteiger partial charge in [-0.05, 0) is 38.5 Å². The summed E-state index contributed by atoms with van der Waals surface area (Å²) in [5.74, 6) is -0.0629. The second-order valence-corrected chi connectivity index (χ2v) is 5.18. The van der Waals surface area contributed by atoms with Gasteiger partial charge in [0.1, 0.15) is 11.4 Å². The third kappa shape index (κ3) is 5.29. The Balaban J connectivity index is 2.82. The summed E-state index contributed by atoms with van der Waals surface area (Å²) in [7, 11) is 0. The molecule has 1 amide bonds. The van der Waals surface area contributed by atoms with Crippen LogP contribution in [0.3, 0.4) is 0 Å². The lowest BCUT2D eigenvalue weighted by Gasteiger charge is -2.20. The molecule has 0 aliphatic rings. The molecule has 0 radical (unpaired) electrons. The first kappa shape index (κ1) is 14.8. The number of hydrogen-bond acceptors (Lipinski definition) is 4. The topological polar surface area (TPSA) is 108 Å². The van der Waals surface area contributed by atoms with Gasteiger partial charge in [-0.1, -0.05) is 6.07 Å². The van der Waals surface area contributed by atoms with Crippen molar-refractivity contribution >= 4 is 17.6 Å². The molecule has 5 N–H and O–H groups in total. The number of aromatic hydroxyl groups is 1. The van der Waals surface area contributed by atoms with Crippen LogP contribution in [0.5, 0.6) is 5.75 Å². The maximum atomic E-state index is 11.6. The van der Waals surface area contributed by atoms with E-state index in [2.05, 4.69) is 5.32 Å². The lowest BCUT2D eigenvalue weighted by Crippen LogP contribution is -2.27. The number of benzene rings is 1. The van der Waals surface area contributed by atoms with Crippen LogP contribution in [0.2, 0.25) is 0 Å². The third-order valence-electron chi connectivity index (χ3n) is 2.09. The highest BCUT2D eigenvalue weighted by atomic mass is 16.6. The van der Waals surface area contributed by atoms with E-state index < -0.39 is 11.7 Å². The predicted octanol–water partition coefficient (Wildman–Crippen LogP) is 2.22.